The fourth-order valence-electron chi connectivity index (χ4n) is 1.73. The van der Waals surface area contributed by atoms with Gasteiger partial charge < -0.3 is 9.73 Å². The molecule has 0 fully saturated rings. The first kappa shape index (κ1) is 10.5. The Morgan fingerprint density at radius 2 is 2.47 bits per heavy atom. The number of nitrogens with zero attached hydrogens (tertiary/aromatic N) is 1. The molecule has 88 valence electrons. The highest BCUT2D eigenvalue weighted by atomic mass is 32.2. The van der Waals surface area contributed by atoms with Crippen LogP contribution >= 0.6 is 11.8 Å². The number of hydrogen-bond acceptors (Lipinski definition) is 5. The van der Waals surface area contributed by atoms with Crippen LogP contribution in [0.2, 0.25) is 0 Å². The number of furan rings is 1. The van der Waals surface area contributed by atoms with Crippen LogP contribution in [0.25, 0.3) is 0 Å². The van der Waals surface area contributed by atoms with Crippen LogP contribution in [0.4, 0.5) is 5.95 Å². The molecule has 0 saturated heterocycles. The number of rotatable bonds is 3. The molecule has 0 aromatic carbocycles. The lowest BCUT2D eigenvalue weighted by Gasteiger charge is -2.04. The number of H-pyrrole nitrogens is 1. The van der Waals surface area contributed by atoms with E-state index < -0.39 is 0 Å². The Labute approximate surface area is 102 Å². The zero-order valence-electron chi connectivity index (χ0n) is 9.03. The van der Waals surface area contributed by atoms with E-state index in [1.54, 1.807) is 18.0 Å². The first-order valence-corrected chi connectivity index (χ1v) is 6.44. The fraction of sp³-hybridized carbons (Fsp3) is 0.273. The maximum absolute atomic E-state index is 11.7. The molecule has 17 heavy (non-hydrogen) atoms. The van der Waals surface area contributed by atoms with Gasteiger partial charge in [0.05, 0.1) is 18.5 Å². The van der Waals surface area contributed by atoms with Crippen molar-refractivity contribution >= 4 is 17.7 Å². The maximum atomic E-state index is 11.7. The predicted octanol–water partition coefficient (Wildman–Crippen LogP) is 1.72. The molecule has 0 aliphatic carbocycles. The normalized spacial score (nSPS) is 13.6. The number of thioether (sulfide) groups is 1. The Balaban J connectivity index is 1.80. The van der Waals surface area contributed by atoms with Crippen molar-refractivity contribution in [3.05, 3.63) is 45.8 Å². The molecule has 5 nitrogen and oxygen atoms in total. The summed E-state index contributed by atoms with van der Waals surface area (Å²) in [5.41, 5.74) is 1.65. The van der Waals surface area contributed by atoms with Crippen LogP contribution in [0.1, 0.15) is 17.0 Å². The van der Waals surface area contributed by atoms with Crippen LogP contribution in [0.5, 0.6) is 0 Å². The number of aromatic nitrogens is 2. The summed E-state index contributed by atoms with van der Waals surface area (Å²) in [6, 6.07) is 3.70. The Morgan fingerprint density at radius 1 is 1.53 bits per heavy atom. The third-order valence-electron chi connectivity index (χ3n) is 2.60. The predicted molar refractivity (Wildman–Crippen MR) is 65.9 cm³/mol. The smallest absolute Gasteiger partial charge is 0.256 e. The minimum absolute atomic E-state index is 0.0399. The van der Waals surface area contributed by atoms with Gasteiger partial charge in [0.1, 0.15) is 5.76 Å². The number of hydrogen-bond donors (Lipinski definition) is 2. The lowest BCUT2D eigenvalue weighted by molar-refractivity contribution is 0.517. The molecular weight excluding hydrogens is 238 g/mol. The van der Waals surface area contributed by atoms with E-state index in [9.17, 15) is 4.79 Å². The van der Waals surface area contributed by atoms with Gasteiger partial charge in [0, 0.05) is 17.1 Å². The molecule has 3 rings (SSSR count). The van der Waals surface area contributed by atoms with E-state index in [-0.39, 0.29) is 5.56 Å². The monoisotopic (exact) mass is 249 g/mol. The quantitative estimate of drug-likeness (QED) is 0.866. The standard InChI is InChI=1S/C11H11N3O2S/c15-10-8-5-17-6-9(8)13-11(14-10)12-4-7-2-1-3-16-7/h1-3H,4-6H2,(H2,12,13,14,15). The van der Waals surface area contributed by atoms with Crippen molar-refractivity contribution in [1.82, 2.24) is 9.97 Å². The summed E-state index contributed by atoms with van der Waals surface area (Å²) in [6.45, 7) is 0.516. The van der Waals surface area contributed by atoms with Gasteiger partial charge in [-0.2, -0.15) is 11.8 Å². The van der Waals surface area contributed by atoms with Gasteiger partial charge in [-0.1, -0.05) is 0 Å². The number of aromatic amines is 1. The molecule has 2 aromatic heterocycles. The SMILES string of the molecule is O=c1[nH]c(NCc2ccco2)nc2c1CSC2. The lowest BCUT2D eigenvalue weighted by atomic mass is 10.3. The molecule has 1 aliphatic heterocycles. The highest BCUT2D eigenvalue weighted by molar-refractivity contribution is 7.98. The van der Waals surface area contributed by atoms with Crippen molar-refractivity contribution in [3.8, 4) is 0 Å². The molecule has 1 aliphatic rings. The van der Waals surface area contributed by atoms with Crippen molar-refractivity contribution < 1.29 is 4.42 Å². The Bertz CT molecular complexity index is 577. The van der Waals surface area contributed by atoms with E-state index in [1.165, 1.54) is 0 Å². The Hall–Kier alpha value is -1.69. The first-order valence-electron chi connectivity index (χ1n) is 5.29. The average molecular weight is 249 g/mol. The van der Waals surface area contributed by atoms with Crippen LogP contribution in [-0.2, 0) is 18.1 Å². The average Bonchev–Trinajstić information content (AvgIpc) is 2.97. The summed E-state index contributed by atoms with van der Waals surface area (Å²) < 4.78 is 5.19. The molecule has 2 aromatic rings. The summed E-state index contributed by atoms with van der Waals surface area (Å²) in [5, 5.41) is 3.05. The molecule has 2 N–H and O–H groups in total. The highest BCUT2D eigenvalue weighted by Crippen LogP contribution is 2.25. The largest absolute Gasteiger partial charge is 0.467 e. The lowest BCUT2D eigenvalue weighted by Crippen LogP contribution is -2.17. The fourth-order valence-corrected chi connectivity index (χ4v) is 2.77. The number of nitrogens with one attached hydrogen (secondary N) is 2. The number of anilines is 1. The van der Waals surface area contributed by atoms with Crippen molar-refractivity contribution in [2.45, 2.75) is 18.1 Å². The first-order chi connectivity index (χ1) is 8.33. The summed E-state index contributed by atoms with van der Waals surface area (Å²) in [4.78, 5) is 18.8. The topological polar surface area (TPSA) is 70.9 Å². The zero-order chi connectivity index (χ0) is 11.7. The molecule has 3 heterocycles. The van der Waals surface area contributed by atoms with Crippen molar-refractivity contribution in [2.75, 3.05) is 5.32 Å². The van der Waals surface area contributed by atoms with Crippen LogP contribution in [0.3, 0.4) is 0 Å². The second kappa shape index (κ2) is 4.29. The summed E-state index contributed by atoms with van der Waals surface area (Å²) >= 11 is 1.71. The molecule has 0 bridgehead atoms. The van der Waals surface area contributed by atoms with Gasteiger partial charge in [0.25, 0.3) is 5.56 Å². The van der Waals surface area contributed by atoms with Gasteiger partial charge in [0.2, 0.25) is 5.95 Å². The molecule has 0 atom stereocenters. The minimum Gasteiger partial charge on any atom is -0.467 e. The van der Waals surface area contributed by atoms with Gasteiger partial charge in [-0.15, -0.1) is 0 Å². The van der Waals surface area contributed by atoms with Gasteiger partial charge in [0.15, 0.2) is 0 Å². The van der Waals surface area contributed by atoms with Gasteiger partial charge in [-0.25, -0.2) is 4.98 Å². The van der Waals surface area contributed by atoms with E-state index in [1.807, 2.05) is 12.1 Å². The molecule has 0 unspecified atom stereocenters. The van der Waals surface area contributed by atoms with Gasteiger partial charge in [-0.05, 0) is 12.1 Å². The minimum atomic E-state index is -0.0399. The van der Waals surface area contributed by atoms with Crippen LogP contribution in [0, 0.1) is 0 Å². The molecule has 0 saturated carbocycles. The highest BCUT2D eigenvalue weighted by Gasteiger charge is 2.17. The van der Waals surface area contributed by atoms with E-state index in [4.69, 9.17) is 4.42 Å². The van der Waals surface area contributed by atoms with Crippen LogP contribution in [0.15, 0.2) is 27.6 Å². The zero-order valence-corrected chi connectivity index (χ0v) is 9.84. The molecule has 6 heteroatoms. The molecule has 0 radical (unpaired) electrons. The molecule has 0 amide bonds. The van der Waals surface area contributed by atoms with Crippen molar-refractivity contribution in [1.29, 1.82) is 0 Å². The Morgan fingerprint density at radius 3 is 3.29 bits per heavy atom. The third-order valence-corrected chi connectivity index (χ3v) is 3.57. The second-order valence-electron chi connectivity index (χ2n) is 3.77. The number of fused-ring (bicyclic) bond motifs is 1. The van der Waals surface area contributed by atoms with Crippen LogP contribution < -0.4 is 10.9 Å². The van der Waals surface area contributed by atoms with Gasteiger partial charge >= 0.3 is 0 Å². The van der Waals surface area contributed by atoms with E-state index in [0.29, 0.717) is 12.5 Å². The van der Waals surface area contributed by atoms with Gasteiger partial charge in [-0.3, -0.25) is 9.78 Å². The maximum Gasteiger partial charge on any atom is 0.256 e. The third kappa shape index (κ3) is 2.08. The molecule has 0 spiro atoms. The van der Waals surface area contributed by atoms with Crippen LogP contribution in [-0.4, -0.2) is 9.97 Å². The molecular formula is C11H11N3O2S. The van der Waals surface area contributed by atoms with E-state index in [0.717, 1.165) is 28.5 Å². The summed E-state index contributed by atoms with van der Waals surface area (Å²) in [7, 11) is 0. The van der Waals surface area contributed by atoms with Crippen molar-refractivity contribution in [2.24, 2.45) is 0 Å². The van der Waals surface area contributed by atoms with Crippen molar-refractivity contribution in [3.63, 3.8) is 0 Å². The summed E-state index contributed by atoms with van der Waals surface area (Å²) in [6.07, 6.45) is 1.62. The van der Waals surface area contributed by atoms with E-state index >= 15 is 0 Å². The van der Waals surface area contributed by atoms with E-state index in [2.05, 4.69) is 15.3 Å². The second-order valence-corrected chi connectivity index (χ2v) is 4.75. The summed E-state index contributed by atoms with van der Waals surface area (Å²) in [5.74, 6) is 2.89. The Kier molecular flexibility index (Phi) is 2.64.